The van der Waals surface area contributed by atoms with Crippen LogP contribution in [-0.2, 0) is 4.79 Å². The fourth-order valence-electron chi connectivity index (χ4n) is 0.834. The van der Waals surface area contributed by atoms with Crippen molar-refractivity contribution < 1.29 is 4.79 Å². The predicted molar refractivity (Wildman–Crippen MR) is 35.7 cm³/mol. The number of rotatable bonds is 1. The molecule has 1 unspecified atom stereocenters. The highest BCUT2D eigenvalue weighted by atomic mass is 32.2. The summed E-state index contributed by atoms with van der Waals surface area (Å²) in [6.07, 6.45) is 4.30. The zero-order valence-electron chi connectivity index (χ0n) is 4.72. The lowest BCUT2D eigenvalue weighted by atomic mass is 10.1. The molecular formula is C6H9OS. The lowest BCUT2D eigenvalue weighted by Crippen LogP contribution is -2.10. The minimum absolute atomic E-state index is 0.244. The molecule has 1 fully saturated rings. The molecule has 0 saturated carbocycles. The molecule has 1 heterocycles. The molecule has 0 bridgehead atoms. The Kier molecular flexibility index (Phi) is 2.40. The second-order valence-corrected chi connectivity index (χ2v) is 3.18. The second-order valence-electron chi connectivity index (χ2n) is 2.03. The minimum Gasteiger partial charge on any atom is -0.291 e. The van der Waals surface area contributed by atoms with Crippen LogP contribution < -0.4 is 0 Å². The van der Waals surface area contributed by atoms with Gasteiger partial charge in [-0.15, -0.1) is 0 Å². The fourth-order valence-corrected chi connectivity index (χ4v) is 1.89. The predicted octanol–water partition coefficient (Wildman–Crippen LogP) is 1.24. The van der Waals surface area contributed by atoms with Gasteiger partial charge in [0, 0.05) is 11.7 Å². The SMILES string of the molecule is O=[C]C1CCCSC1. The van der Waals surface area contributed by atoms with E-state index in [2.05, 4.69) is 0 Å². The largest absolute Gasteiger partial charge is 0.291 e. The lowest BCUT2D eigenvalue weighted by molar-refractivity contribution is 0.517. The van der Waals surface area contributed by atoms with Gasteiger partial charge in [0.15, 0.2) is 0 Å². The summed E-state index contributed by atoms with van der Waals surface area (Å²) in [5.41, 5.74) is 0. The maximum Gasteiger partial charge on any atom is 0.202 e. The van der Waals surface area contributed by atoms with Crippen molar-refractivity contribution in [2.75, 3.05) is 11.5 Å². The van der Waals surface area contributed by atoms with Crippen LogP contribution in [0.1, 0.15) is 12.8 Å². The van der Waals surface area contributed by atoms with Gasteiger partial charge >= 0.3 is 0 Å². The molecule has 1 rings (SSSR count). The average Bonchev–Trinajstić information content (AvgIpc) is 1.90. The van der Waals surface area contributed by atoms with E-state index in [9.17, 15) is 4.79 Å². The zero-order valence-corrected chi connectivity index (χ0v) is 5.54. The highest BCUT2D eigenvalue weighted by Crippen LogP contribution is 2.20. The van der Waals surface area contributed by atoms with E-state index < -0.39 is 0 Å². The zero-order chi connectivity index (χ0) is 5.82. The molecule has 8 heavy (non-hydrogen) atoms. The number of thioether (sulfide) groups is 1. The molecule has 0 aliphatic carbocycles. The third-order valence-corrected chi connectivity index (χ3v) is 2.54. The molecule has 45 valence electrons. The van der Waals surface area contributed by atoms with Crippen molar-refractivity contribution in [1.82, 2.24) is 0 Å². The van der Waals surface area contributed by atoms with E-state index in [1.54, 1.807) is 0 Å². The molecule has 0 aromatic rings. The van der Waals surface area contributed by atoms with Crippen molar-refractivity contribution in [3.05, 3.63) is 0 Å². The van der Waals surface area contributed by atoms with Crippen LogP contribution in [0.15, 0.2) is 0 Å². The summed E-state index contributed by atoms with van der Waals surface area (Å²) in [5, 5.41) is 0. The Morgan fingerprint density at radius 2 is 2.50 bits per heavy atom. The fraction of sp³-hybridized carbons (Fsp3) is 0.833. The van der Waals surface area contributed by atoms with Gasteiger partial charge in [0.1, 0.15) is 0 Å². The Morgan fingerprint density at radius 3 is 2.88 bits per heavy atom. The van der Waals surface area contributed by atoms with E-state index in [0.717, 1.165) is 12.2 Å². The molecule has 0 spiro atoms. The number of carbonyl (C=O) groups excluding carboxylic acids is 1. The summed E-state index contributed by atoms with van der Waals surface area (Å²) in [7, 11) is 0. The van der Waals surface area contributed by atoms with Crippen molar-refractivity contribution in [2.45, 2.75) is 12.8 Å². The molecule has 0 aromatic carbocycles. The summed E-state index contributed by atoms with van der Waals surface area (Å²) in [4.78, 5) is 10.0. The standard InChI is InChI=1S/C6H9OS/c7-4-6-2-1-3-8-5-6/h6H,1-3,5H2. The van der Waals surface area contributed by atoms with E-state index in [4.69, 9.17) is 0 Å². The quantitative estimate of drug-likeness (QED) is 0.530. The molecule has 1 nitrogen and oxygen atoms in total. The monoisotopic (exact) mass is 129 g/mol. The van der Waals surface area contributed by atoms with Gasteiger partial charge in [-0.25, -0.2) is 0 Å². The number of hydrogen-bond donors (Lipinski definition) is 0. The maximum absolute atomic E-state index is 10.0. The van der Waals surface area contributed by atoms with Crippen LogP contribution in [0.25, 0.3) is 0 Å². The highest BCUT2D eigenvalue weighted by molar-refractivity contribution is 7.99. The molecule has 1 saturated heterocycles. The Bertz CT molecular complexity index is 76.6. The first kappa shape index (κ1) is 6.14. The van der Waals surface area contributed by atoms with Gasteiger partial charge in [-0.2, -0.15) is 11.8 Å². The summed E-state index contributed by atoms with van der Waals surface area (Å²) in [5.74, 6) is 2.48. The molecular weight excluding hydrogens is 120 g/mol. The van der Waals surface area contributed by atoms with Crippen molar-refractivity contribution in [2.24, 2.45) is 5.92 Å². The summed E-state index contributed by atoms with van der Waals surface area (Å²) < 4.78 is 0. The van der Waals surface area contributed by atoms with Crippen molar-refractivity contribution in [1.29, 1.82) is 0 Å². The Labute approximate surface area is 53.8 Å². The van der Waals surface area contributed by atoms with E-state index >= 15 is 0 Å². The minimum atomic E-state index is 0.244. The van der Waals surface area contributed by atoms with Gasteiger partial charge < -0.3 is 0 Å². The molecule has 0 aromatic heterocycles. The van der Waals surface area contributed by atoms with Crippen LogP contribution in [0.3, 0.4) is 0 Å². The third kappa shape index (κ3) is 1.51. The molecule has 0 amide bonds. The van der Waals surface area contributed by atoms with E-state index in [-0.39, 0.29) is 5.92 Å². The van der Waals surface area contributed by atoms with Gasteiger partial charge in [0.25, 0.3) is 0 Å². The molecule has 1 aliphatic rings. The molecule has 1 atom stereocenters. The van der Waals surface area contributed by atoms with Gasteiger partial charge in [-0.1, -0.05) is 0 Å². The lowest BCUT2D eigenvalue weighted by Gasteiger charge is -2.13. The van der Waals surface area contributed by atoms with Crippen LogP contribution in [0, 0.1) is 5.92 Å². The van der Waals surface area contributed by atoms with Crippen LogP contribution in [-0.4, -0.2) is 17.8 Å². The van der Waals surface area contributed by atoms with E-state index in [0.29, 0.717) is 0 Å². The molecule has 0 N–H and O–H groups in total. The van der Waals surface area contributed by atoms with Gasteiger partial charge in [-0.05, 0) is 18.6 Å². The van der Waals surface area contributed by atoms with Crippen LogP contribution in [0.4, 0.5) is 0 Å². The van der Waals surface area contributed by atoms with Gasteiger partial charge in [0.2, 0.25) is 6.29 Å². The Morgan fingerprint density at radius 1 is 1.62 bits per heavy atom. The van der Waals surface area contributed by atoms with Crippen molar-refractivity contribution >= 4 is 18.0 Å². The Balaban J connectivity index is 2.22. The van der Waals surface area contributed by atoms with Crippen LogP contribution >= 0.6 is 11.8 Å². The normalized spacial score (nSPS) is 29.8. The first-order valence-electron chi connectivity index (χ1n) is 2.89. The molecule has 1 radical (unpaired) electrons. The molecule has 2 heteroatoms. The molecule has 1 aliphatic heterocycles. The number of hydrogen-bond acceptors (Lipinski definition) is 2. The Hall–Kier alpha value is 0.0200. The van der Waals surface area contributed by atoms with Crippen molar-refractivity contribution in [3.8, 4) is 0 Å². The van der Waals surface area contributed by atoms with E-state index in [1.165, 1.54) is 12.2 Å². The average molecular weight is 129 g/mol. The van der Waals surface area contributed by atoms with Crippen LogP contribution in [0.5, 0.6) is 0 Å². The second kappa shape index (κ2) is 3.13. The first-order chi connectivity index (χ1) is 3.93. The third-order valence-electron chi connectivity index (χ3n) is 1.33. The summed E-state index contributed by atoms with van der Waals surface area (Å²) in [6, 6.07) is 0. The van der Waals surface area contributed by atoms with E-state index in [1.807, 2.05) is 18.0 Å². The van der Waals surface area contributed by atoms with Crippen LogP contribution in [0.2, 0.25) is 0 Å². The maximum atomic E-state index is 10.0. The first-order valence-corrected chi connectivity index (χ1v) is 4.04. The van der Waals surface area contributed by atoms with Crippen molar-refractivity contribution in [3.63, 3.8) is 0 Å². The summed E-state index contributed by atoms with van der Waals surface area (Å²) >= 11 is 1.87. The van der Waals surface area contributed by atoms with Gasteiger partial charge in [-0.3, -0.25) is 4.79 Å². The summed E-state index contributed by atoms with van der Waals surface area (Å²) in [6.45, 7) is 0. The smallest absolute Gasteiger partial charge is 0.202 e. The highest BCUT2D eigenvalue weighted by Gasteiger charge is 2.12. The van der Waals surface area contributed by atoms with Gasteiger partial charge in [0.05, 0.1) is 0 Å². The topological polar surface area (TPSA) is 17.1 Å².